The molecule has 0 radical (unpaired) electrons. The van der Waals surface area contributed by atoms with Crippen molar-refractivity contribution in [2.45, 2.75) is 43.7 Å². The zero-order chi connectivity index (χ0) is 14.6. The molecular weight excluding hydrogens is 276 g/mol. The third kappa shape index (κ3) is 4.19. The summed E-state index contributed by atoms with van der Waals surface area (Å²) in [7, 11) is -3.45. The fourth-order valence-corrected chi connectivity index (χ4v) is 3.48. The second-order valence-corrected chi connectivity index (χ2v) is 7.02. The van der Waals surface area contributed by atoms with Crippen LogP contribution in [-0.4, -0.2) is 33.7 Å². The lowest BCUT2D eigenvalue weighted by Gasteiger charge is -2.23. The van der Waals surface area contributed by atoms with Crippen molar-refractivity contribution in [3.63, 3.8) is 0 Å². The normalized spacial score (nSPS) is 20.1. The molecule has 112 valence electrons. The molecule has 5 nitrogen and oxygen atoms in total. The predicted octanol–water partition coefficient (Wildman–Crippen LogP) is 1.50. The van der Waals surface area contributed by atoms with Crippen molar-refractivity contribution in [1.82, 2.24) is 10.0 Å². The Hall–Kier alpha value is -1.11. The molecule has 1 aromatic carbocycles. The van der Waals surface area contributed by atoms with Crippen LogP contribution in [0.3, 0.4) is 0 Å². The number of hydrogen-bond acceptors (Lipinski definition) is 4. The van der Waals surface area contributed by atoms with Gasteiger partial charge >= 0.3 is 0 Å². The van der Waals surface area contributed by atoms with Crippen molar-refractivity contribution in [2.75, 3.05) is 13.1 Å². The van der Waals surface area contributed by atoms with Crippen molar-refractivity contribution in [2.24, 2.45) is 0 Å². The van der Waals surface area contributed by atoms with Crippen LogP contribution in [0.1, 0.15) is 26.7 Å². The molecular formula is C14H22N2O3S. The van der Waals surface area contributed by atoms with Gasteiger partial charge in [0, 0.05) is 12.6 Å². The first-order valence-corrected chi connectivity index (χ1v) is 8.45. The molecule has 6 heteroatoms. The van der Waals surface area contributed by atoms with Gasteiger partial charge < -0.3 is 10.1 Å². The second kappa shape index (κ2) is 6.56. The Morgan fingerprint density at radius 1 is 1.30 bits per heavy atom. The number of ether oxygens (including phenoxy) is 1. The van der Waals surface area contributed by atoms with Gasteiger partial charge in [0.2, 0.25) is 10.0 Å². The Balaban J connectivity index is 2.04. The summed E-state index contributed by atoms with van der Waals surface area (Å²) >= 11 is 0. The highest BCUT2D eigenvalue weighted by Crippen LogP contribution is 2.18. The van der Waals surface area contributed by atoms with E-state index in [0.29, 0.717) is 12.3 Å². The number of nitrogens with one attached hydrogen (secondary N) is 2. The van der Waals surface area contributed by atoms with Crippen LogP contribution in [0.25, 0.3) is 0 Å². The molecule has 0 aliphatic carbocycles. The van der Waals surface area contributed by atoms with Gasteiger partial charge in [-0.05, 0) is 57.5 Å². The molecule has 1 saturated heterocycles. The summed E-state index contributed by atoms with van der Waals surface area (Å²) in [6, 6.07) is 6.51. The fraction of sp³-hybridized carbons (Fsp3) is 0.571. The SMILES string of the molecule is CC(C)Oc1ccc(S(=O)(=O)N[C@H]2CCCNC2)cc1. The maximum absolute atomic E-state index is 12.3. The molecule has 2 rings (SSSR count). The average Bonchev–Trinajstić information content (AvgIpc) is 2.39. The molecule has 0 bridgehead atoms. The number of hydrogen-bond donors (Lipinski definition) is 2. The van der Waals surface area contributed by atoms with Crippen LogP contribution in [0.15, 0.2) is 29.2 Å². The van der Waals surface area contributed by atoms with Gasteiger partial charge in [0.1, 0.15) is 5.75 Å². The quantitative estimate of drug-likeness (QED) is 0.864. The standard InChI is InChI=1S/C14H22N2O3S/c1-11(2)19-13-5-7-14(8-6-13)20(17,18)16-12-4-3-9-15-10-12/h5-8,11-12,15-16H,3-4,9-10H2,1-2H3/t12-/m0/s1. The first-order chi connectivity index (χ1) is 9.47. The molecule has 0 aromatic heterocycles. The van der Waals surface area contributed by atoms with Crippen molar-refractivity contribution >= 4 is 10.0 Å². The van der Waals surface area contributed by atoms with E-state index in [9.17, 15) is 8.42 Å². The summed E-state index contributed by atoms with van der Waals surface area (Å²) in [5, 5.41) is 3.19. The van der Waals surface area contributed by atoms with E-state index in [1.807, 2.05) is 13.8 Å². The summed E-state index contributed by atoms with van der Waals surface area (Å²) in [5.41, 5.74) is 0. The largest absolute Gasteiger partial charge is 0.491 e. The Morgan fingerprint density at radius 2 is 2.00 bits per heavy atom. The van der Waals surface area contributed by atoms with Gasteiger partial charge in [-0.3, -0.25) is 0 Å². The minimum Gasteiger partial charge on any atom is -0.491 e. The van der Waals surface area contributed by atoms with E-state index >= 15 is 0 Å². The van der Waals surface area contributed by atoms with E-state index in [1.54, 1.807) is 24.3 Å². The lowest BCUT2D eigenvalue weighted by molar-refractivity contribution is 0.242. The Kier molecular flexibility index (Phi) is 5.01. The summed E-state index contributed by atoms with van der Waals surface area (Å²) in [4.78, 5) is 0.277. The maximum atomic E-state index is 12.3. The highest BCUT2D eigenvalue weighted by molar-refractivity contribution is 7.89. The average molecular weight is 298 g/mol. The van der Waals surface area contributed by atoms with E-state index < -0.39 is 10.0 Å². The summed E-state index contributed by atoms with van der Waals surface area (Å²) < 4.78 is 32.8. The van der Waals surface area contributed by atoms with Crippen LogP contribution in [0.5, 0.6) is 5.75 Å². The summed E-state index contributed by atoms with van der Waals surface area (Å²) in [5.74, 6) is 0.679. The highest BCUT2D eigenvalue weighted by Gasteiger charge is 2.21. The van der Waals surface area contributed by atoms with Crippen LogP contribution in [0.2, 0.25) is 0 Å². The van der Waals surface area contributed by atoms with Gasteiger partial charge in [0.25, 0.3) is 0 Å². The maximum Gasteiger partial charge on any atom is 0.240 e. The van der Waals surface area contributed by atoms with Crippen molar-refractivity contribution in [3.05, 3.63) is 24.3 Å². The molecule has 0 unspecified atom stereocenters. The number of sulfonamides is 1. The lowest BCUT2D eigenvalue weighted by atomic mass is 10.1. The van der Waals surface area contributed by atoms with E-state index in [4.69, 9.17) is 4.74 Å². The van der Waals surface area contributed by atoms with Crippen molar-refractivity contribution < 1.29 is 13.2 Å². The molecule has 0 saturated carbocycles. The smallest absolute Gasteiger partial charge is 0.240 e. The molecule has 0 spiro atoms. The molecule has 1 heterocycles. The van der Waals surface area contributed by atoms with Crippen LogP contribution >= 0.6 is 0 Å². The summed E-state index contributed by atoms with van der Waals surface area (Å²) in [6.45, 7) is 5.51. The van der Waals surface area contributed by atoms with Gasteiger partial charge in [-0.15, -0.1) is 0 Å². The van der Waals surface area contributed by atoms with E-state index in [1.165, 1.54) is 0 Å². The number of benzene rings is 1. The molecule has 1 aromatic rings. The zero-order valence-electron chi connectivity index (χ0n) is 11.9. The van der Waals surface area contributed by atoms with Crippen molar-refractivity contribution in [3.8, 4) is 5.75 Å². The van der Waals surface area contributed by atoms with Gasteiger partial charge in [-0.1, -0.05) is 0 Å². The Labute approximate surface area is 120 Å². The first-order valence-electron chi connectivity index (χ1n) is 6.97. The second-order valence-electron chi connectivity index (χ2n) is 5.30. The van der Waals surface area contributed by atoms with Gasteiger partial charge in [-0.2, -0.15) is 0 Å². The molecule has 1 fully saturated rings. The molecule has 1 aliphatic heterocycles. The lowest BCUT2D eigenvalue weighted by Crippen LogP contribution is -2.45. The molecule has 2 N–H and O–H groups in total. The van der Waals surface area contributed by atoms with Gasteiger partial charge in [0.05, 0.1) is 11.0 Å². The Bertz CT molecular complexity index is 520. The molecule has 1 atom stereocenters. The van der Waals surface area contributed by atoms with Gasteiger partial charge in [-0.25, -0.2) is 13.1 Å². The monoisotopic (exact) mass is 298 g/mol. The topological polar surface area (TPSA) is 67.4 Å². The fourth-order valence-electron chi connectivity index (χ4n) is 2.21. The number of rotatable bonds is 5. The molecule has 20 heavy (non-hydrogen) atoms. The highest BCUT2D eigenvalue weighted by atomic mass is 32.2. The molecule has 0 amide bonds. The zero-order valence-corrected chi connectivity index (χ0v) is 12.7. The minimum atomic E-state index is -3.45. The van der Waals surface area contributed by atoms with E-state index in [0.717, 1.165) is 19.4 Å². The van der Waals surface area contributed by atoms with E-state index in [2.05, 4.69) is 10.0 Å². The third-order valence-corrected chi connectivity index (χ3v) is 4.66. The summed E-state index contributed by atoms with van der Waals surface area (Å²) in [6.07, 6.45) is 1.94. The van der Waals surface area contributed by atoms with E-state index in [-0.39, 0.29) is 17.0 Å². The minimum absolute atomic E-state index is 0.0275. The van der Waals surface area contributed by atoms with Crippen LogP contribution in [0.4, 0.5) is 0 Å². The Morgan fingerprint density at radius 3 is 2.55 bits per heavy atom. The molecule has 1 aliphatic rings. The number of piperidine rings is 1. The van der Waals surface area contributed by atoms with Crippen LogP contribution in [0, 0.1) is 0 Å². The predicted molar refractivity (Wildman–Crippen MR) is 78.4 cm³/mol. The third-order valence-electron chi connectivity index (χ3n) is 3.12. The first kappa shape index (κ1) is 15.3. The van der Waals surface area contributed by atoms with Crippen LogP contribution in [-0.2, 0) is 10.0 Å². The van der Waals surface area contributed by atoms with Crippen molar-refractivity contribution in [1.29, 1.82) is 0 Å². The van der Waals surface area contributed by atoms with Gasteiger partial charge in [0.15, 0.2) is 0 Å². The van der Waals surface area contributed by atoms with Crippen LogP contribution < -0.4 is 14.8 Å².